The molecular formula is C14H17NO2. The van der Waals surface area contributed by atoms with Crippen molar-refractivity contribution in [3.63, 3.8) is 0 Å². The topological polar surface area (TPSA) is 41.7 Å². The summed E-state index contributed by atoms with van der Waals surface area (Å²) in [5.74, 6) is -0.474. The van der Waals surface area contributed by atoms with Gasteiger partial charge in [-0.15, -0.1) is 0 Å². The second-order valence-electron chi connectivity index (χ2n) is 4.54. The molecule has 2 aromatic heterocycles. The number of pyridine rings is 1. The number of carbonyl (C=O) groups is 1. The number of hydrogen-bond donors (Lipinski definition) is 1. The third-order valence-electron chi connectivity index (χ3n) is 3.13. The maximum absolute atomic E-state index is 11.2. The second kappa shape index (κ2) is 4.24. The molecule has 0 fully saturated rings. The maximum atomic E-state index is 11.2. The van der Waals surface area contributed by atoms with Crippen molar-refractivity contribution in [1.29, 1.82) is 0 Å². The summed E-state index contributed by atoms with van der Waals surface area (Å²) < 4.78 is 2.01. The molecule has 0 amide bonds. The lowest BCUT2D eigenvalue weighted by atomic mass is 10.1. The molecule has 0 saturated carbocycles. The van der Waals surface area contributed by atoms with E-state index in [1.165, 1.54) is 0 Å². The Morgan fingerprint density at radius 1 is 1.41 bits per heavy atom. The van der Waals surface area contributed by atoms with Crippen molar-refractivity contribution < 1.29 is 9.90 Å². The molecule has 2 heterocycles. The molecule has 1 N–H and O–H groups in total. The Morgan fingerprint density at radius 3 is 2.65 bits per heavy atom. The van der Waals surface area contributed by atoms with E-state index in [9.17, 15) is 9.90 Å². The van der Waals surface area contributed by atoms with Crippen molar-refractivity contribution in [3.8, 4) is 0 Å². The number of carboxylic acids is 1. The highest BCUT2D eigenvalue weighted by molar-refractivity contribution is 5.92. The summed E-state index contributed by atoms with van der Waals surface area (Å²) in [6.45, 7) is 6.21. The Morgan fingerprint density at radius 2 is 2.12 bits per heavy atom. The van der Waals surface area contributed by atoms with Crippen LogP contribution in [0.4, 0.5) is 0 Å². The predicted molar refractivity (Wildman–Crippen MR) is 67.8 cm³/mol. The van der Waals surface area contributed by atoms with Gasteiger partial charge in [0.25, 0.3) is 0 Å². The molecule has 3 heteroatoms. The van der Waals surface area contributed by atoms with Crippen LogP contribution in [0.25, 0.3) is 5.52 Å². The monoisotopic (exact) mass is 231 g/mol. The smallest absolute Gasteiger partial charge is 0.337 e. The number of aromatic nitrogens is 1. The van der Waals surface area contributed by atoms with E-state index in [2.05, 4.69) is 13.8 Å². The van der Waals surface area contributed by atoms with Crippen molar-refractivity contribution in [3.05, 3.63) is 41.2 Å². The maximum Gasteiger partial charge on any atom is 0.337 e. The fourth-order valence-electron chi connectivity index (χ4n) is 2.30. The number of rotatable bonds is 3. The van der Waals surface area contributed by atoms with Crippen LogP contribution in [-0.2, 0) is 6.42 Å². The molecule has 0 atom stereocenters. The van der Waals surface area contributed by atoms with Gasteiger partial charge in [-0.25, -0.2) is 4.79 Å². The number of aromatic carboxylic acids is 1. The standard InChI is InChI=1S/C14H17NO2/c1-4-10-11(14(16)17)8-15-12(9(2)3)6-5-7-13(10)15/h5-9H,4H2,1-3H3,(H,16,17). The second-order valence-corrected chi connectivity index (χ2v) is 4.54. The lowest BCUT2D eigenvalue weighted by molar-refractivity contribution is 0.0696. The summed E-state index contributed by atoms with van der Waals surface area (Å²) in [6, 6.07) is 6.02. The zero-order valence-electron chi connectivity index (χ0n) is 10.4. The quantitative estimate of drug-likeness (QED) is 0.880. The van der Waals surface area contributed by atoms with Gasteiger partial charge >= 0.3 is 5.97 Å². The first-order valence-corrected chi connectivity index (χ1v) is 5.92. The summed E-state index contributed by atoms with van der Waals surface area (Å²) in [4.78, 5) is 11.2. The van der Waals surface area contributed by atoms with E-state index in [0.717, 1.165) is 23.2 Å². The van der Waals surface area contributed by atoms with Crippen LogP contribution in [0.2, 0.25) is 0 Å². The van der Waals surface area contributed by atoms with Crippen LogP contribution in [0.1, 0.15) is 48.3 Å². The minimum atomic E-state index is -0.847. The fourth-order valence-corrected chi connectivity index (χ4v) is 2.30. The van der Waals surface area contributed by atoms with Crippen LogP contribution >= 0.6 is 0 Å². The predicted octanol–water partition coefficient (Wildman–Crippen LogP) is 3.32. The van der Waals surface area contributed by atoms with E-state index < -0.39 is 5.97 Å². The fraction of sp³-hybridized carbons (Fsp3) is 0.357. The summed E-state index contributed by atoms with van der Waals surface area (Å²) in [5.41, 5.74) is 3.49. The first kappa shape index (κ1) is 11.7. The van der Waals surface area contributed by atoms with E-state index in [4.69, 9.17) is 0 Å². The molecule has 0 aliphatic heterocycles. The van der Waals surface area contributed by atoms with Crippen LogP contribution < -0.4 is 0 Å². The van der Waals surface area contributed by atoms with Crippen molar-refractivity contribution in [2.75, 3.05) is 0 Å². The van der Waals surface area contributed by atoms with Gasteiger partial charge in [0.05, 0.1) is 5.56 Å². The van der Waals surface area contributed by atoms with Crippen LogP contribution in [0.3, 0.4) is 0 Å². The van der Waals surface area contributed by atoms with Gasteiger partial charge in [-0.1, -0.05) is 26.8 Å². The SMILES string of the molecule is CCc1c(C(=O)O)cn2c(C(C)C)cccc12. The van der Waals surface area contributed by atoms with E-state index in [0.29, 0.717) is 11.5 Å². The van der Waals surface area contributed by atoms with E-state index >= 15 is 0 Å². The van der Waals surface area contributed by atoms with Crippen LogP contribution in [0.5, 0.6) is 0 Å². The molecule has 2 rings (SSSR count). The molecule has 0 aliphatic rings. The Kier molecular flexibility index (Phi) is 2.92. The van der Waals surface area contributed by atoms with Crippen LogP contribution in [0.15, 0.2) is 24.4 Å². The first-order chi connectivity index (χ1) is 8.06. The molecule has 0 aliphatic carbocycles. The summed E-state index contributed by atoms with van der Waals surface area (Å²) in [5, 5.41) is 9.21. The number of nitrogens with zero attached hydrogens (tertiary/aromatic N) is 1. The number of hydrogen-bond acceptors (Lipinski definition) is 1. The Balaban J connectivity index is 2.81. The van der Waals surface area contributed by atoms with Crippen LogP contribution in [0, 0.1) is 0 Å². The lowest BCUT2D eigenvalue weighted by Crippen LogP contribution is -1.97. The van der Waals surface area contributed by atoms with Crippen molar-refractivity contribution in [2.24, 2.45) is 0 Å². The van der Waals surface area contributed by atoms with E-state index in [1.54, 1.807) is 6.20 Å². The van der Waals surface area contributed by atoms with Gasteiger partial charge in [0.1, 0.15) is 0 Å². The molecule has 0 aromatic carbocycles. The van der Waals surface area contributed by atoms with E-state index in [1.807, 2.05) is 29.5 Å². The van der Waals surface area contributed by atoms with Gasteiger partial charge in [0, 0.05) is 17.4 Å². The molecule has 0 bridgehead atoms. The first-order valence-electron chi connectivity index (χ1n) is 5.92. The Hall–Kier alpha value is -1.77. The zero-order valence-corrected chi connectivity index (χ0v) is 10.4. The highest BCUT2D eigenvalue weighted by Gasteiger charge is 2.16. The molecule has 90 valence electrons. The molecular weight excluding hydrogens is 214 g/mol. The lowest BCUT2D eigenvalue weighted by Gasteiger charge is -2.09. The minimum Gasteiger partial charge on any atom is -0.478 e. The molecule has 0 spiro atoms. The van der Waals surface area contributed by atoms with E-state index in [-0.39, 0.29) is 0 Å². The van der Waals surface area contributed by atoms with Gasteiger partial charge in [0.15, 0.2) is 0 Å². The number of carboxylic acid groups (broad SMARTS) is 1. The summed E-state index contributed by atoms with van der Waals surface area (Å²) >= 11 is 0. The third-order valence-corrected chi connectivity index (χ3v) is 3.13. The summed E-state index contributed by atoms with van der Waals surface area (Å²) in [6.07, 6.45) is 2.48. The highest BCUT2D eigenvalue weighted by atomic mass is 16.4. The Bertz CT molecular complexity index is 567. The van der Waals surface area contributed by atoms with Gasteiger partial charge in [0.2, 0.25) is 0 Å². The van der Waals surface area contributed by atoms with Gasteiger partial charge in [-0.3, -0.25) is 0 Å². The molecule has 0 saturated heterocycles. The van der Waals surface area contributed by atoms with Crippen molar-refractivity contribution in [2.45, 2.75) is 33.1 Å². The van der Waals surface area contributed by atoms with Gasteiger partial charge in [-0.05, 0) is 30.0 Å². The third kappa shape index (κ3) is 1.82. The number of aryl methyl sites for hydroxylation is 1. The average molecular weight is 231 g/mol. The number of fused-ring (bicyclic) bond motifs is 1. The molecule has 0 unspecified atom stereocenters. The molecule has 0 radical (unpaired) electrons. The average Bonchev–Trinajstić information content (AvgIpc) is 2.66. The Labute approximate surface area is 101 Å². The minimum absolute atomic E-state index is 0.373. The molecule has 3 nitrogen and oxygen atoms in total. The molecule has 17 heavy (non-hydrogen) atoms. The van der Waals surface area contributed by atoms with Gasteiger partial charge in [-0.2, -0.15) is 0 Å². The van der Waals surface area contributed by atoms with Gasteiger partial charge < -0.3 is 9.51 Å². The summed E-state index contributed by atoms with van der Waals surface area (Å²) in [7, 11) is 0. The highest BCUT2D eigenvalue weighted by Crippen LogP contribution is 2.24. The largest absolute Gasteiger partial charge is 0.478 e. The van der Waals surface area contributed by atoms with Crippen LogP contribution in [-0.4, -0.2) is 15.5 Å². The molecule has 2 aromatic rings. The normalized spacial score (nSPS) is 11.3. The van der Waals surface area contributed by atoms with Crippen molar-refractivity contribution >= 4 is 11.5 Å². The van der Waals surface area contributed by atoms with Crippen molar-refractivity contribution in [1.82, 2.24) is 4.40 Å². The zero-order chi connectivity index (χ0) is 12.6.